The van der Waals surface area contributed by atoms with E-state index in [1.54, 1.807) is 0 Å². The van der Waals surface area contributed by atoms with Gasteiger partial charge in [-0.2, -0.15) is 0 Å². The minimum atomic E-state index is -0.363. The summed E-state index contributed by atoms with van der Waals surface area (Å²) < 4.78 is 5.70. The van der Waals surface area contributed by atoms with Gasteiger partial charge >= 0.3 is 5.97 Å². The number of esters is 1. The Hall–Kier alpha value is -2.67. The summed E-state index contributed by atoms with van der Waals surface area (Å²) in [4.78, 5) is 43.0. The lowest BCUT2D eigenvalue weighted by Crippen LogP contribution is -2.52. The number of methoxy groups -OCH3 is 1. The van der Waals surface area contributed by atoms with Gasteiger partial charge in [-0.15, -0.1) is 0 Å². The maximum absolute atomic E-state index is 13.8. The molecular weight excluding hydrogens is 496 g/mol. The molecule has 7 heteroatoms. The van der Waals surface area contributed by atoms with Crippen molar-refractivity contribution in [3.63, 3.8) is 0 Å². The zero-order chi connectivity index (χ0) is 23.8. The number of halogens is 1. The van der Waals surface area contributed by atoms with Crippen molar-refractivity contribution in [3.8, 4) is 0 Å². The maximum atomic E-state index is 13.8. The summed E-state index contributed by atoms with van der Waals surface area (Å²) in [6, 6.07) is 15.7. The molecule has 2 saturated carbocycles. The van der Waals surface area contributed by atoms with Gasteiger partial charge in [0.25, 0.3) is 5.91 Å². The number of rotatable bonds is 6. The van der Waals surface area contributed by atoms with Gasteiger partial charge in [0.05, 0.1) is 19.6 Å². The first kappa shape index (κ1) is 23.1. The van der Waals surface area contributed by atoms with Gasteiger partial charge in [0.1, 0.15) is 0 Å². The molecule has 0 aromatic heterocycles. The lowest BCUT2D eigenvalue weighted by molar-refractivity contribution is -0.145. The molecule has 0 N–H and O–H groups in total. The van der Waals surface area contributed by atoms with Gasteiger partial charge in [-0.25, -0.2) is 0 Å². The van der Waals surface area contributed by atoms with Gasteiger partial charge in [0.2, 0.25) is 5.91 Å². The summed E-state index contributed by atoms with van der Waals surface area (Å²) in [6.45, 7) is 0. The van der Waals surface area contributed by atoms with Crippen molar-refractivity contribution in [3.05, 3.63) is 64.1 Å². The number of fused-ring (bicyclic) bond motifs is 2. The molecule has 2 aromatic rings. The Morgan fingerprint density at radius 3 is 2.44 bits per heavy atom. The highest BCUT2D eigenvalue weighted by Crippen LogP contribution is 2.52. The normalized spacial score (nSPS) is 23.1. The maximum Gasteiger partial charge on any atom is 0.306 e. The van der Waals surface area contributed by atoms with Crippen molar-refractivity contribution in [1.29, 1.82) is 0 Å². The third-order valence-electron chi connectivity index (χ3n) is 7.39. The molecule has 0 saturated heterocycles. The summed E-state index contributed by atoms with van der Waals surface area (Å²) in [5.74, 6) is -0.175. The van der Waals surface area contributed by atoms with Gasteiger partial charge in [-0.3, -0.25) is 14.4 Å². The number of hydrogen-bond donors (Lipinski definition) is 0. The highest BCUT2D eigenvalue weighted by atomic mass is 79.9. The number of benzene rings is 2. The van der Waals surface area contributed by atoms with Crippen LogP contribution in [-0.2, 0) is 14.3 Å². The molecular formula is C27H29BrN2O4. The first-order valence-corrected chi connectivity index (χ1v) is 12.8. The van der Waals surface area contributed by atoms with Gasteiger partial charge in [-0.1, -0.05) is 40.5 Å². The molecule has 178 valence electrons. The third-order valence-corrected chi connectivity index (χ3v) is 7.92. The zero-order valence-electron chi connectivity index (χ0n) is 19.3. The summed E-state index contributed by atoms with van der Waals surface area (Å²) in [5, 5.41) is 0. The highest BCUT2D eigenvalue weighted by Gasteiger charge is 2.51. The van der Waals surface area contributed by atoms with Crippen LogP contribution in [0.2, 0.25) is 0 Å². The first-order valence-electron chi connectivity index (χ1n) is 12.1. The molecule has 6 nitrogen and oxygen atoms in total. The molecule has 5 rings (SSSR count). The molecule has 1 heterocycles. The molecule has 34 heavy (non-hydrogen) atoms. The standard InChI is InChI=1S/C27H29BrN2O4/c1-34-25(32)16-15-24(31)29(19-13-14-19)26-20-5-2-3-7-22(20)30(23-8-4-6-21(23)26)27(33)17-9-11-18(28)12-10-17/h2-3,5,7,9-12,19,21,23,26H,4,6,8,13-16H2,1H3. The number of hydrogen-bond acceptors (Lipinski definition) is 4. The van der Waals surface area contributed by atoms with Crippen molar-refractivity contribution < 1.29 is 19.1 Å². The first-order chi connectivity index (χ1) is 16.5. The molecule has 2 aromatic carbocycles. The Bertz CT molecular complexity index is 1100. The molecule has 3 atom stereocenters. The number of carbonyl (C=O) groups excluding carboxylic acids is 3. The smallest absolute Gasteiger partial charge is 0.306 e. The number of para-hydroxylation sites is 1. The summed E-state index contributed by atoms with van der Waals surface area (Å²) in [6.07, 6.45) is 5.14. The number of nitrogens with zero attached hydrogens (tertiary/aromatic N) is 2. The molecule has 3 aliphatic rings. The fourth-order valence-electron chi connectivity index (χ4n) is 5.75. The molecule has 0 spiro atoms. The topological polar surface area (TPSA) is 66.9 Å². The predicted octanol–water partition coefficient (Wildman–Crippen LogP) is 5.26. The van der Waals surface area contributed by atoms with E-state index < -0.39 is 0 Å². The van der Waals surface area contributed by atoms with Crippen molar-refractivity contribution in [2.75, 3.05) is 12.0 Å². The van der Waals surface area contributed by atoms with Crippen LogP contribution < -0.4 is 4.90 Å². The quantitative estimate of drug-likeness (QED) is 0.483. The van der Waals surface area contributed by atoms with E-state index in [0.29, 0.717) is 5.56 Å². The second kappa shape index (κ2) is 9.53. The second-order valence-corrected chi connectivity index (χ2v) is 10.4. The van der Waals surface area contributed by atoms with Crippen LogP contribution in [0.5, 0.6) is 0 Å². The SMILES string of the molecule is COC(=O)CCC(=O)N(C1CC1)C1c2ccccc2N(C(=O)c2ccc(Br)cc2)C2CCCC21. The van der Waals surface area contributed by atoms with Crippen LogP contribution in [-0.4, -0.2) is 41.9 Å². The fourth-order valence-corrected chi connectivity index (χ4v) is 6.02. The van der Waals surface area contributed by atoms with E-state index in [-0.39, 0.29) is 54.7 Å². The Kier molecular flexibility index (Phi) is 6.47. The van der Waals surface area contributed by atoms with Crippen LogP contribution in [0.4, 0.5) is 5.69 Å². The van der Waals surface area contributed by atoms with E-state index in [0.717, 1.165) is 47.8 Å². The summed E-state index contributed by atoms with van der Waals surface area (Å²) in [7, 11) is 1.35. The monoisotopic (exact) mass is 524 g/mol. The van der Waals surface area contributed by atoms with E-state index in [9.17, 15) is 14.4 Å². The Morgan fingerprint density at radius 1 is 1.00 bits per heavy atom. The van der Waals surface area contributed by atoms with Crippen LogP contribution in [0.25, 0.3) is 0 Å². The number of anilines is 1. The number of amides is 2. The zero-order valence-corrected chi connectivity index (χ0v) is 20.9. The second-order valence-electron chi connectivity index (χ2n) is 9.46. The van der Waals surface area contributed by atoms with E-state index >= 15 is 0 Å². The molecule has 1 aliphatic heterocycles. The lowest BCUT2D eigenvalue weighted by Gasteiger charge is -2.48. The van der Waals surface area contributed by atoms with Crippen molar-refractivity contribution in [2.24, 2.45) is 5.92 Å². The minimum absolute atomic E-state index is 0.00490. The average Bonchev–Trinajstić information content (AvgIpc) is 3.57. The van der Waals surface area contributed by atoms with Crippen LogP contribution in [0.15, 0.2) is 53.0 Å². The van der Waals surface area contributed by atoms with Gasteiger partial charge in [0, 0.05) is 40.1 Å². The third kappa shape index (κ3) is 4.26. The van der Waals surface area contributed by atoms with Gasteiger partial charge in [0.15, 0.2) is 0 Å². The number of ether oxygens (including phenoxy) is 1. The van der Waals surface area contributed by atoms with Gasteiger partial charge < -0.3 is 14.5 Å². The van der Waals surface area contributed by atoms with E-state index in [1.165, 1.54) is 7.11 Å². The molecule has 2 aliphatic carbocycles. The predicted molar refractivity (Wildman–Crippen MR) is 132 cm³/mol. The van der Waals surface area contributed by atoms with Crippen LogP contribution in [0, 0.1) is 5.92 Å². The fraction of sp³-hybridized carbons (Fsp3) is 0.444. The lowest BCUT2D eigenvalue weighted by atomic mass is 9.81. The number of carbonyl (C=O) groups is 3. The molecule has 2 fully saturated rings. The Morgan fingerprint density at radius 2 is 1.74 bits per heavy atom. The minimum Gasteiger partial charge on any atom is -0.469 e. The van der Waals surface area contributed by atoms with E-state index in [2.05, 4.69) is 22.0 Å². The Labute approximate surface area is 208 Å². The van der Waals surface area contributed by atoms with E-state index in [4.69, 9.17) is 4.74 Å². The highest BCUT2D eigenvalue weighted by molar-refractivity contribution is 9.10. The van der Waals surface area contributed by atoms with Crippen molar-refractivity contribution >= 4 is 39.4 Å². The van der Waals surface area contributed by atoms with E-state index in [1.807, 2.05) is 52.3 Å². The van der Waals surface area contributed by atoms with Crippen LogP contribution in [0.1, 0.15) is 66.9 Å². The molecule has 2 amide bonds. The molecule has 3 unspecified atom stereocenters. The van der Waals surface area contributed by atoms with Crippen LogP contribution in [0.3, 0.4) is 0 Å². The van der Waals surface area contributed by atoms with Gasteiger partial charge in [-0.05, 0) is 61.6 Å². The summed E-state index contributed by atoms with van der Waals surface area (Å²) in [5.41, 5.74) is 2.60. The molecule has 0 bridgehead atoms. The largest absolute Gasteiger partial charge is 0.469 e. The van der Waals surface area contributed by atoms with Crippen molar-refractivity contribution in [1.82, 2.24) is 4.90 Å². The van der Waals surface area contributed by atoms with Crippen LogP contribution >= 0.6 is 15.9 Å². The van der Waals surface area contributed by atoms with Crippen molar-refractivity contribution in [2.45, 2.75) is 63.1 Å². The molecule has 0 radical (unpaired) electrons. The summed E-state index contributed by atoms with van der Waals surface area (Å²) >= 11 is 3.45. The average molecular weight is 525 g/mol. The Balaban J connectivity index is 1.53.